The largest absolute Gasteiger partial charge is 0.494 e. The fourth-order valence-electron chi connectivity index (χ4n) is 3.91. The van der Waals surface area contributed by atoms with Gasteiger partial charge in [0.2, 0.25) is 5.76 Å². The summed E-state index contributed by atoms with van der Waals surface area (Å²) in [6.07, 6.45) is 1.62. The summed E-state index contributed by atoms with van der Waals surface area (Å²) in [5.41, 5.74) is 1.24. The molecule has 0 unspecified atom stereocenters. The monoisotopic (exact) mass is 398 g/mol. The van der Waals surface area contributed by atoms with Crippen molar-refractivity contribution in [1.29, 1.82) is 0 Å². The molecule has 3 heterocycles. The van der Waals surface area contributed by atoms with Crippen molar-refractivity contribution in [3.63, 3.8) is 0 Å². The van der Waals surface area contributed by atoms with Gasteiger partial charge in [-0.3, -0.25) is 14.5 Å². The molecule has 6 heteroatoms. The Kier molecular flexibility index (Phi) is 4.32. The van der Waals surface area contributed by atoms with Crippen molar-refractivity contribution >= 4 is 22.7 Å². The maximum atomic E-state index is 13.4. The predicted molar refractivity (Wildman–Crippen MR) is 113 cm³/mol. The van der Waals surface area contributed by atoms with E-state index < -0.39 is 11.9 Å². The SMILES string of the molecule is CCOc1cccc([C@@H]2c3c(oc4ccccc4c3=O)C(=O)N2c2ccccn2)c1. The Hall–Kier alpha value is -3.93. The number of benzene rings is 2. The molecular weight excluding hydrogens is 380 g/mol. The highest BCUT2D eigenvalue weighted by Gasteiger charge is 2.44. The van der Waals surface area contributed by atoms with E-state index in [9.17, 15) is 9.59 Å². The number of carbonyl (C=O) groups excluding carboxylic acids is 1. The summed E-state index contributed by atoms with van der Waals surface area (Å²) in [5, 5.41) is 0.442. The van der Waals surface area contributed by atoms with Crippen LogP contribution in [0.1, 0.15) is 34.6 Å². The number of rotatable bonds is 4. The van der Waals surface area contributed by atoms with Crippen LogP contribution in [0.2, 0.25) is 0 Å². The molecular formula is C24H18N2O4. The summed E-state index contributed by atoms with van der Waals surface area (Å²) >= 11 is 0. The van der Waals surface area contributed by atoms with Gasteiger partial charge >= 0.3 is 0 Å². The lowest BCUT2D eigenvalue weighted by molar-refractivity contribution is 0.0970. The Balaban J connectivity index is 1.79. The molecule has 5 rings (SSSR count). The van der Waals surface area contributed by atoms with Crippen LogP contribution in [0.15, 0.2) is 82.1 Å². The third-order valence-electron chi connectivity index (χ3n) is 5.16. The minimum atomic E-state index is -0.663. The van der Waals surface area contributed by atoms with Gasteiger partial charge in [-0.15, -0.1) is 0 Å². The molecule has 1 aliphatic heterocycles. The number of aromatic nitrogens is 1. The van der Waals surface area contributed by atoms with Crippen LogP contribution in [-0.2, 0) is 0 Å². The van der Waals surface area contributed by atoms with Crippen LogP contribution in [0.4, 0.5) is 5.82 Å². The van der Waals surface area contributed by atoms with Gasteiger partial charge in [-0.2, -0.15) is 0 Å². The van der Waals surface area contributed by atoms with Crippen molar-refractivity contribution in [2.75, 3.05) is 11.5 Å². The zero-order valence-corrected chi connectivity index (χ0v) is 16.2. The molecule has 1 aliphatic rings. The van der Waals surface area contributed by atoms with Gasteiger partial charge in [-0.25, -0.2) is 4.98 Å². The number of ether oxygens (including phenoxy) is 1. The third kappa shape index (κ3) is 2.76. The van der Waals surface area contributed by atoms with Gasteiger partial charge in [-0.1, -0.05) is 30.3 Å². The number of anilines is 1. The van der Waals surface area contributed by atoms with Crippen LogP contribution in [0, 0.1) is 0 Å². The fraction of sp³-hybridized carbons (Fsp3) is 0.125. The molecule has 6 nitrogen and oxygen atoms in total. The molecule has 148 valence electrons. The summed E-state index contributed by atoms with van der Waals surface area (Å²) in [7, 11) is 0. The molecule has 1 amide bonds. The van der Waals surface area contributed by atoms with Crippen LogP contribution in [0.5, 0.6) is 5.75 Å². The van der Waals surface area contributed by atoms with Crippen molar-refractivity contribution in [3.05, 3.63) is 100 Å². The molecule has 2 aromatic carbocycles. The Morgan fingerprint density at radius 1 is 1.03 bits per heavy atom. The molecule has 0 bridgehead atoms. The molecule has 0 N–H and O–H groups in total. The predicted octanol–water partition coefficient (Wildman–Crippen LogP) is 4.34. The summed E-state index contributed by atoms with van der Waals surface area (Å²) in [4.78, 5) is 32.7. The molecule has 4 aromatic rings. The highest BCUT2D eigenvalue weighted by molar-refractivity contribution is 6.10. The zero-order valence-electron chi connectivity index (χ0n) is 16.2. The first kappa shape index (κ1) is 18.1. The summed E-state index contributed by atoms with van der Waals surface area (Å²) in [5.74, 6) is 0.778. The first-order valence-corrected chi connectivity index (χ1v) is 9.72. The third-order valence-corrected chi connectivity index (χ3v) is 5.16. The summed E-state index contributed by atoms with van der Waals surface area (Å²) < 4.78 is 11.6. The summed E-state index contributed by atoms with van der Waals surface area (Å²) in [6.45, 7) is 2.42. The van der Waals surface area contributed by atoms with E-state index in [0.29, 0.717) is 34.7 Å². The van der Waals surface area contributed by atoms with E-state index in [1.54, 1.807) is 48.7 Å². The van der Waals surface area contributed by atoms with Crippen molar-refractivity contribution in [2.45, 2.75) is 13.0 Å². The minimum absolute atomic E-state index is 0.0520. The van der Waals surface area contributed by atoms with Gasteiger partial charge in [0.25, 0.3) is 5.91 Å². The Bertz CT molecular complexity index is 1310. The van der Waals surface area contributed by atoms with Crippen molar-refractivity contribution in [3.8, 4) is 5.75 Å². The molecule has 0 spiro atoms. The Labute approximate surface area is 172 Å². The van der Waals surface area contributed by atoms with E-state index >= 15 is 0 Å². The molecule has 0 saturated carbocycles. The average molecular weight is 398 g/mol. The second kappa shape index (κ2) is 7.15. The van der Waals surface area contributed by atoms with E-state index in [1.165, 1.54) is 4.90 Å². The minimum Gasteiger partial charge on any atom is -0.494 e. The molecule has 0 radical (unpaired) electrons. The van der Waals surface area contributed by atoms with Gasteiger partial charge in [-0.05, 0) is 48.9 Å². The van der Waals surface area contributed by atoms with Crippen LogP contribution in [-0.4, -0.2) is 17.5 Å². The van der Waals surface area contributed by atoms with E-state index in [0.717, 1.165) is 5.56 Å². The number of nitrogens with zero attached hydrogens (tertiary/aromatic N) is 2. The van der Waals surface area contributed by atoms with Crippen molar-refractivity contribution in [1.82, 2.24) is 4.98 Å². The molecule has 0 fully saturated rings. The number of hydrogen-bond acceptors (Lipinski definition) is 5. The van der Waals surface area contributed by atoms with Gasteiger partial charge in [0, 0.05) is 6.20 Å². The zero-order chi connectivity index (χ0) is 20.7. The van der Waals surface area contributed by atoms with Gasteiger partial charge < -0.3 is 9.15 Å². The average Bonchev–Trinajstić information content (AvgIpc) is 3.08. The Morgan fingerprint density at radius 2 is 1.87 bits per heavy atom. The maximum Gasteiger partial charge on any atom is 0.296 e. The maximum absolute atomic E-state index is 13.4. The lowest BCUT2D eigenvalue weighted by Gasteiger charge is -2.24. The highest BCUT2D eigenvalue weighted by Crippen LogP contribution is 2.41. The number of fused-ring (bicyclic) bond motifs is 2. The highest BCUT2D eigenvalue weighted by atomic mass is 16.5. The number of hydrogen-bond donors (Lipinski definition) is 0. The fourth-order valence-corrected chi connectivity index (χ4v) is 3.91. The number of para-hydroxylation sites is 1. The molecule has 30 heavy (non-hydrogen) atoms. The second-order valence-corrected chi connectivity index (χ2v) is 6.94. The van der Waals surface area contributed by atoms with E-state index in [-0.39, 0.29) is 11.2 Å². The second-order valence-electron chi connectivity index (χ2n) is 6.94. The molecule has 0 saturated heterocycles. The number of carbonyl (C=O) groups is 1. The van der Waals surface area contributed by atoms with Gasteiger partial charge in [0.05, 0.1) is 23.6 Å². The van der Waals surface area contributed by atoms with Crippen LogP contribution < -0.4 is 15.1 Å². The van der Waals surface area contributed by atoms with E-state index in [4.69, 9.17) is 9.15 Å². The van der Waals surface area contributed by atoms with Crippen LogP contribution in [0.25, 0.3) is 11.0 Å². The van der Waals surface area contributed by atoms with E-state index in [2.05, 4.69) is 4.98 Å². The smallest absolute Gasteiger partial charge is 0.296 e. The van der Waals surface area contributed by atoms with E-state index in [1.807, 2.05) is 31.2 Å². The standard InChI is InChI=1S/C24H18N2O4/c1-2-29-16-9-7-8-15(14-16)21-20-22(27)17-10-3-4-11-18(17)30-23(20)24(28)26(21)19-12-5-6-13-25-19/h3-14,21H,2H2,1H3/t21-/m1/s1. The normalized spacial score (nSPS) is 15.4. The van der Waals surface area contributed by atoms with Crippen molar-refractivity contribution in [2.24, 2.45) is 0 Å². The number of pyridine rings is 1. The van der Waals surface area contributed by atoms with Crippen LogP contribution in [0.3, 0.4) is 0 Å². The van der Waals surface area contributed by atoms with Gasteiger partial charge in [0.15, 0.2) is 5.43 Å². The lowest BCUT2D eigenvalue weighted by Crippen LogP contribution is -2.30. The lowest BCUT2D eigenvalue weighted by atomic mass is 9.98. The topological polar surface area (TPSA) is 72.6 Å². The van der Waals surface area contributed by atoms with Crippen LogP contribution >= 0.6 is 0 Å². The molecule has 0 aliphatic carbocycles. The molecule has 2 aromatic heterocycles. The molecule has 1 atom stereocenters. The summed E-state index contributed by atoms with van der Waals surface area (Å²) in [6, 6.07) is 19.0. The quantitative estimate of drug-likeness (QED) is 0.511. The Morgan fingerprint density at radius 3 is 2.67 bits per heavy atom. The van der Waals surface area contributed by atoms with Crippen molar-refractivity contribution < 1.29 is 13.9 Å². The number of amides is 1. The van der Waals surface area contributed by atoms with Gasteiger partial charge in [0.1, 0.15) is 17.2 Å². The first-order valence-electron chi connectivity index (χ1n) is 9.72. The first-order chi connectivity index (χ1) is 14.7.